The van der Waals surface area contributed by atoms with Crippen LogP contribution >= 0.6 is 0 Å². The minimum Gasteiger partial charge on any atom is -0.467 e. The maximum atomic E-state index is 11.1. The molecule has 2 rings (SSSR count). The summed E-state index contributed by atoms with van der Waals surface area (Å²) in [5.74, 6) is 0.0886. The molecular formula is C12H13N5O4. The van der Waals surface area contributed by atoms with Gasteiger partial charge in [-0.2, -0.15) is 9.97 Å². The minimum absolute atomic E-state index is 0.0408. The van der Waals surface area contributed by atoms with Crippen molar-refractivity contribution in [3.63, 3.8) is 0 Å². The summed E-state index contributed by atoms with van der Waals surface area (Å²) in [6.07, 6.45) is 0. The SMILES string of the molecule is COc1nc(Nc2ccc(C)cc2[N+](=O)[O-])nc(OC)n1. The van der Waals surface area contributed by atoms with E-state index in [-0.39, 0.29) is 29.3 Å². The van der Waals surface area contributed by atoms with Gasteiger partial charge in [0.05, 0.1) is 19.1 Å². The van der Waals surface area contributed by atoms with E-state index >= 15 is 0 Å². The molecule has 0 amide bonds. The number of benzene rings is 1. The van der Waals surface area contributed by atoms with E-state index in [0.29, 0.717) is 0 Å². The summed E-state index contributed by atoms with van der Waals surface area (Å²) in [7, 11) is 2.79. The molecule has 0 radical (unpaired) electrons. The molecule has 0 bridgehead atoms. The van der Waals surface area contributed by atoms with Crippen LogP contribution in [-0.4, -0.2) is 34.1 Å². The van der Waals surface area contributed by atoms with E-state index in [1.807, 2.05) is 0 Å². The Morgan fingerprint density at radius 1 is 1.14 bits per heavy atom. The van der Waals surface area contributed by atoms with Gasteiger partial charge < -0.3 is 14.8 Å². The number of nitro groups is 1. The second-order valence-corrected chi connectivity index (χ2v) is 4.04. The van der Waals surface area contributed by atoms with Gasteiger partial charge in [0, 0.05) is 6.07 Å². The first kappa shape index (κ1) is 14.4. The number of ether oxygens (including phenoxy) is 2. The van der Waals surface area contributed by atoms with Crippen molar-refractivity contribution >= 4 is 17.3 Å². The number of aryl methyl sites for hydroxylation is 1. The van der Waals surface area contributed by atoms with Crippen LogP contribution in [0.15, 0.2) is 18.2 Å². The second kappa shape index (κ2) is 5.99. The third-order valence-electron chi connectivity index (χ3n) is 2.56. The summed E-state index contributed by atoms with van der Waals surface area (Å²) in [5.41, 5.74) is 0.965. The second-order valence-electron chi connectivity index (χ2n) is 4.04. The first-order valence-electron chi connectivity index (χ1n) is 5.89. The summed E-state index contributed by atoms with van der Waals surface area (Å²) in [6.45, 7) is 1.77. The summed E-state index contributed by atoms with van der Waals surface area (Å²) < 4.78 is 9.83. The lowest BCUT2D eigenvalue weighted by Crippen LogP contribution is -2.05. The van der Waals surface area contributed by atoms with Crippen molar-refractivity contribution in [2.24, 2.45) is 0 Å². The zero-order chi connectivity index (χ0) is 15.4. The van der Waals surface area contributed by atoms with Crippen LogP contribution in [0.2, 0.25) is 0 Å². The van der Waals surface area contributed by atoms with Crippen molar-refractivity contribution in [2.45, 2.75) is 6.92 Å². The predicted molar refractivity (Wildman–Crippen MR) is 74.0 cm³/mol. The molecule has 0 atom stereocenters. The topological polar surface area (TPSA) is 112 Å². The van der Waals surface area contributed by atoms with Crippen LogP contribution in [0.1, 0.15) is 5.56 Å². The van der Waals surface area contributed by atoms with Gasteiger partial charge in [-0.25, -0.2) is 0 Å². The van der Waals surface area contributed by atoms with Crippen LogP contribution in [0.4, 0.5) is 17.3 Å². The molecule has 2 aromatic rings. The number of hydrogen-bond donors (Lipinski definition) is 1. The fourth-order valence-corrected chi connectivity index (χ4v) is 1.60. The van der Waals surface area contributed by atoms with Crippen molar-refractivity contribution < 1.29 is 14.4 Å². The first-order chi connectivity index (χ1) is 10.0. The Bertz CT molecular complexity index is 654. The Kier molecular flexibility index (Phi) is 4.12. The van der Waals surface area contributed by atoms with Gasteiger partial charge in [-0.1, -0.05) is 6.07 Å². The molecule has 0 fully saturated rings. The average molecular weight is 291 g/mol. The Hall–Kier alpha value is -2.97. The van der Waals surface area contributed by atoms with Gasteiger partial charge >= 0.3 is 12.0 Å². The monoisotopic (exact) mass is 291 g/mol. The van der Waals surface area contributed by atoms with E-state index in [4.69, 9.17) is 9.47 Å². The van der Waals surface area contributed by atoms with Gasteiger partial charge in [0.15, 0.2) is 0 Å². The van der Waals surface area contributed by atoms with Crippen LogP contribution in [0, 0.1) is 17.0 Å². The molecule has 0 spiro atoms. The number of rotatable bonds is 5. The summed E-state index contributed by atoms with van der Waals surface area (Å²) >= 11 is 0. The smallest absolute Gasteiger partial charge is 0.324 e. The van der Waals surface area contributed by atoms with Crippen molar-refractivity contribution in [3.8, 4) is 12.0 Å². The molecule has 1 aromatic heterocycles. The number of hydrogen-bond acceptors (Lipinski definition) is 8. The Morgan fingerprint density at radius 3 is 2.29 bits per heavy atom. The maximum absolute atomic E-state index is 11.1. The zero-order valence-electron chi connectivity index (χ0n) is 11.7. The molecule has 0 aliphatic carbocycles. The lowest BCUT2D eigenvalue weighted by atomic mass is 10.2. The number of nitrogens with one attached hydrogen (secondary N) is 1. The minimum atomic E-state index is -0.481. The number of nitro benzene ring substituents is 1. The predicted octanol–water partition coefficient (Wildman–Crippen LogP) is 1.85. The molecule has 1 heterocycles. The molecule has 1 aromatic carbocycles. The number of anilines is 2. The number of methoxy groups -OCH3 is 2. The Labute approximate surface area is 120 Å². The molecule has 9 nitrogen and oxygen atoms in total. The largest absolute Gasteiger partial charge is 0.467 e. The number of nitrogens with zero attached hydrogens (tertiary/aromatic N) is 4. The molecule has 0 saturated heterocycles. The van der Waals surface area contributed by atoms with E-state index < -0.39 is 4.92 Å². The number of aromatic nitrogens is 3. The maximum Gasteiger partial charge on any atom is 0.324 e. The van der Waals surface area contributed by atoms with E-state index in [0.717, 1.165) is 5.56 Å². The van der Waals surface area contributed by atoms with Crippen LogP contribution in [-0.2, 0) is 0 Å². The van der Waals surface area contributed by atoms with Gasteiger partial charge in [0.25, 0.3) is 5.69 Å². The third kappa shape index (κ3) is 3.32. The van der Waals surface area contributed by atoms with Gasteiger partial charge in [0.2, 0.25) is 5.95 Å². The molecule has 9 heteroatoms. The van der Waals surface area contributed by atoms with E-state index in [9.17, 15) is 10.1 Å². The van der Waals surface area contributed by atoms with Crippen LogP contribution in [0.5, 0.6) is 12.0 Å². The zero-order valence-corrected chi connectivity index (χ0v) is 11.7. The normalized spacial score (nSPS) is 10.0. The van der Waals surface area contributed by atoms with Crippen molar-refractivity contribution in [3.05, 3.63) is 33.9 Å². The van der Waals surface area contributed by atoms with Crippen LogP contribution in [0.3, 0.4) is 0 Å². The fraction of sp³-hybridized carbons (Fsp3) is 0.250. The lowest BCUT2D eigenvalue weighted by molar-refractivity contribution is -0.384. The van der Waals surface area contributed by atoms with E-state index in [1.165, 1.54) is 20.3 Å². The van der Waals surface area contributed by atoms with Crippen LogP contribution < -0.4 is 14.8 Å². The standard InChI is InChI=1S/C12H13N5O4/c1-7-4-5-8(9(6-7)17(18)19)13-10-14-11(20-2)16-12(15-10)21-3/h4-6H,1-3H3,(H,13,14,15,16). The van der Waals surface area contributed by atoms with Gasteiger partial charge in [-0.3, -0.25) is 10.1 Å². The summed E-state index contributed by atoms with van der Waals surface area (Å²) in [4.78, 5) is 22.4. The average Bonchev–Trinajstić information content (AvgIpc) is 2.48. The fourth-order valence-electron chi connectivity index (χ4n) is 1.60. The van der Waals surface area contributed by atoms with Gasteiger partial charge in [-0.05, 0) is 18.6 Å². The molecule has 0 aliphatic rings. The van der Waals surface area contributed by atoms with Crippen molar-refractivity contribution in [2.75, 3.05) is 19.5 Å². The van der Waals surface area contributed by atoms with Crippen molar-refractivity contribution in [1.82, 2.24) is 15.0 Å². The summed E-state index contributed by atoms with van der Waals surface area (Å²) in [5, 5.41) is 13.8. The van der Waals surface area contributed by atoms with E-state index in [2.05, 4.69) is 20.3 Å². The summed E-state index contributed by atoms with van der Waals surface area (Å²) in [6, 6.07) is 4.86. The molecule has 21 heavy (non-hydrogen) atoms. The highest BCUT2D eigenvalue weighted by Gasteiger charge is 2.16. The molecule has 0 saturated carbocycles. The highest BCUT2D eigenvalue weighted by Crippen LogP contribution is 2.28. The third-order valence-corrected chi connectivity index (χ3v) is 2.56. The highest BCUT2D eigenvalue weighted by molar-refractivity contribution is 5.67. The highest BCUT2D eigenvalue weighted by atomic mass is 16.6. The molecule has 1 N–H and O–H groups in total. The van der Waals surface area contributed by atoms with Gasteiger partial charge in [-0.15, -0.1) is 4.98 Å². The molecular weight excluding hydrogens is 278 g/mol. The van der Waals surface area contributed by atoms with Crippen LogP contribution in [0.25, 0.3) is 0 Å². The Morgan fingerprint density at radius 2 is 1.76 bits per heavy atom. The molecule has 0 unspecified atom stereocenters. The first-order valence-corrected chi connectivity index (χ1v) is 5.89. The Balaban J connectivity index is 2.40. The molecule has 110 valence electrons. The van der Waals surface area contributed by atoms with Gasteiger partial charge in [0.1, 0.15) is 5.69 Å². The molecule has 0 aliphatic heterocycles. The quantitative estimate of drug-likeness (QED) is 0.656. The van der Waals surface area contributed by atoms with Crippen molar-refractivity contribution in [1.29, 1.82) is 0 Å². The van der Waals surface area contributed by atoms with E-state index in [1.54, 1.807) is 19.1 Å². The lowest BCUT2D eigenvalue weighted by Gasteiger charge is -2.08.